The molecule has 0 aliphatic rings. The van der Waals surface area contributed by atoms with Crippen LogP contribution < -0.4 is 4.52 Å². The van der Waals surface area contributed by atoms with E-state index in [1.807, 2.05) is 39.0 Å². The Labute approximate surface area is 119 Å². The SMILES string of the molecule is Cc1cc(C)c(C(=O)[PH](=O)Oc2ccccc2)c(C)c1. The number of carbonyl (C=O) groups excluding carboxylic acids is 1. The first kappa shape index (κ1) is 14.5. The highest BCUT2D eigenvalue weighted by Gasteiger charge is 2.20. The Morgan fingerprint density at radius 2 is 1.55 bits per heavy atom. The van der Waals surface area contributed by atoms with Gasteiger partial charge in [0.05, 0.1) is 0 Å². The van der Waals surface area contributed by atoms with E-state index in [-0.39, 0.29) is 0 Å². The summed E-state index contributed by atoms with van der Waals surface area (Å²) in [7, 11) is -2.82. The molecule has 2 aromatic rings. The molecular formula is C16H17O3P. The molecule has 2 aromatic carbocycles. The zero-order chi connectivity index (χ0) is 14.7. The second kappa shape index (κ2) is 6.06. The van der Waals surface area contributed by atoms with E-state index in [9.17, 15) is 9.36 Å². The zero-order valence-electron chi connectivity index (χ0n) is 11.8. The molecule has 0 saturated heterocycles. The molecule has 0 amide bonds. The minimum Gasteiger partial charge on any atom is -0.440 e. The number of hydrogen-bond donors (Lipinski definition) is 0. The fourth-order valence-corrected chi connectivity index (χ4v) is 3.32. The first-order valence-corrected chi connectivity index (χ1v) is 7.70. The third-order valence-electron chi connectivity index (χ3n) is 3.04. The molecule has 0 aromatic heterocycles. The van der Waals surface area contributed by atoms with Gasteiger partial charge in [0.1, 0.15) is 5.75 Å². The molecule has 20 heavy (non-hydrogen) atoms. The van der Waals surface area contributed by atoms with Crippen molar-refractivity contribution < 1.29 is 13.9 Å². The van der Waals surface area contributed by atoms with E-state index in [0.717, 1.165) is 16.7 Å². The summed E-state index contributed by atoms with van der Waals surface area (Å²) in [6, 6.07) is 12.6. The zero-order valence-corrected chi connectivity index (χ0v) is 12.8. The van der Waals surface area contributed by atoms with Gasteiger partial charge in [-0.05, 0) is 44.0 Å². The lowest BCUT2D eigenvalue weighted by Gasteiger charge is -2.11. The van der Waals surface area contributed by atoms with Crippen molar-refractivity contribution in [3.63, 3.8) is 0 Å². The lowest BCUT2D eigenvalue weighted by molar-refractivity contribution is 0.106. The van der Waals surface area contributed by atoms with Crippen molar-refractivity contribution in [3.05, 3.63) is 64.7 Å². The monoisotopic (exact) mass is 288 g/mol. The van der Waals surface area contributed by atoms with Gasteiger partial charge in [0, 0.05) is 5.56 Å². The molecule has 2 rings (SSSR count). The van der Waals surface area contributed by atoms with Gasteiger partial charge in [0.2, 0.25) is 0 Å². The van der Waals surface area contributed by atoms with Crippen molar-refractivity contribution in [3.8, 4) is 5.75 Å². The van der Waals surface area contributed by atoms with Gasteiger partial charge >= 0.3 is 8.03 Å². The van der Waals surface area contributed by atoms with Gasteiger partial charge < -0.3 is 4.52 Å². The van der Waals surface area contributed by atoms with Gasteiger partial charge in [-0.3, -0.25) is 9.36 Å². The van der Waals surface area contributed by atoms with E-state index in [2.05, 4.69) is 0 Å². The van der Waals surface area contributed by atoms with Crippen molar-refractivity contribution in [2.75, 3.05) is 0 Å². The standard InChI is InChI=1S/C16H17O3P/c1-11-9-12(2)15(13(3)10-11)16(17)20(18)19-14-7-5-4-6-8-14/h4-10,20H,1-3H3. The third kappa shape index (κ3) is 3.17. The molecule has 4 heteroatoms. The van der Waals surface area contributed by atoms with Crippen LogP contribution in [0.1, 0.15) is 27.0 Å². The molecule has 3 nitrogen and oxygen atoms in total. The Kier molecular flexibility index (Phi) is 4.41. The molecule has 0 aliphatic carbocycles. The quantitative estimate of drug-likeness (QED) is 0.787. The van der Waals surface area contributed by atoms with Crippen LogP contribution in [0, 0.1) is 20.8 Å². The summed E-state index contributed by atoms with van der Waals surface area (Å²) in [6.45, 7) is 5.67. The minimum absolute atomic E-state index is 0.422. The van der Waals surface area contributed by atoms with Crippen LogP contribution in [0.15, 0.2) is 42.5 Å². The highest BCUT2D eigenvalue weighted by atomic mass is 31.1. The number of aryl methyl sites for hydroxylation is 3. The molecule has 104 valence electrons. The maximum atomic E-state index is 12.3. The van der Waals surface area contributed by atoms with Crippen molar-refractivity contribution in [2.24, 2.45) is 0 Å². The van der Waals surface area contributed by atoms with Crippen molar-refractivity contribution in [2.45, 2.75) is 20.8 Å². The summed E-state index contributed by atoms with van der Waals surface area (Å²) >= 11 is 0. The summed E-state index contributed by atoms with van der Waals surface area (Å²) < 4.78 is 17.4. The number of para-hydroxylation sites is 1. The van der Waals surface area contributed by atoms with Crippen LogP contribution >= 0.6 is 8.03 Å². The Morgan fingerprint density at radius 3 is 2.10 bits per heavy atom. The number of hydrogen-bond acceptors (Lipinski definition) is 3. The molecule has 0 fully saturated rings. The van der Waals surface area contributed by atoms with E-state index >= 15 is 0 Å². The molecular weight excluding hydrogens is 271 g/mol. The molecule has 0 saturated carbocycles. The minimum atomic E-state index is -2.82. The molecule has 0 radical (unpaired) electrons. The highest BCUT2D eigenvalue weighted by molar-refractivity contribution is 7.60. The number of rotatable bonds is 4. The summed E-state index contributed by atoms with van der Waals surface area (Å²) in [5.41, 5.74) is 2.84. The summed E-state index contributed by atoms with van der Waals surface area (Å²) in [4.78, 5) is 12.3. The second-order valence-corrected chi connectivity index (χ2v) is 6.04. The predicted octanol–water partition coefficient (Wildman–Crippen LogP) is 4.31. The largest absolute Gasteiger partial charge is 0.440 e. The molecule has 0 heterocycles. The molecule has 0 spiro atoms. The van der Waals surface area contributed by atoms with E-state index < -0.39 is 13.6 Å². The van der Waals surface area contributed by atoms with Crippen molar-refractivity contribution >= 4 is 13.6 Å². The smallest absolute Gasteiger partial charge is 0.305 e. The van der Waals surface area contributed by atoms with Crippen LogP contribution in [0.25, 0.3) is 0 Å². The number of benzene rings is 2. The van der Waals surface area contributed by atoms with Crippen molar-refractivity contribution in [1.29, 1.82) is 0 Å². The Bertz CT molecular complexity index is 640. The maximum absolute atomic E-state index is 12.3. The Hall–Kier alpha value is -1.86. The summed E-state index contributed by atoms with van der Waals surface area (Å²) in [5.74, 6) is 0.451. The van der Waals surface area contributed by atoms with Gasteiger partial charge in [0.25, 0.3) is 5.52 Å². The van der Waals surface area contributed by atoms with Crippen LogP contribution in [0.5, 0.6) is 5.75 Å². The van der Waals surface area contributed by atoms with E-state index in [1.165, 1.54) is 0 Å². The molecule has 1 atom stereocenters. The second-order valence-electron chi connectivity index (χ2n) is 4.81. The van der Waals surface area contributed by atoms with E-state index in [1.54, 1.807) is 24.3 Å². The normalized spacial score (nSPS) is 11.9. The highest BCUT2D eigenvalue weighted by Crippen LogP contribution is 2.33. The van der Waals surface area contributed by atoms with Crippen LogP contribution in [-0.4, -0.2) is 5.52 Å². The Balaban J connectivity index is 2.26. The van der Waals surface area contributed by atoms with Crippen molar-refractivity contribution in [1.82, 2.24) is 0 Å². The van der Waals surface area contributed by atoms with Gasteiger partial charge in [-0.1, -0.05) is 35.9 Å². The molecule has 0 aliphatic heterocycles. The van der Waals surface area contributed by atoms with Crippen LogP contribution in [0.2, 0.25) is 0 Å². The topological polar surface area (TPSA) is 43.4 Å². The third-order valence-corrected chi connectivity index (χ3v) is 4.09. The van der Waals surface area contributed by atoms with Gasteiger partial charge in [-0.25, -0.2) is 0 Å². The van der Waals surface area contributed by atoms with Crippen LogP contribution in [0.4, 0.5) is 0 Å². The number of carbonyl (C=O) groups is 1. The van der Waals surface area contributed by atoms with Crippen LogP contribution in [0.3, 0.4) is 0 Å². The van der Waals surface area contributed by atoms with E-state index in [4.69, 9.17) is 4.52 Å². The lowest BCUT2D eigenvalue weighted by Crippen LogP contribution is -2.03. The molecule has 0 N–H and O–H groups in total. The first-order chi connectivity index (χ1) is 9.49. The molecule has 1 unspecified atom stereocenters. The summed E-state index contributed by atoms with van der Waals surface area (Å²) in [6.07, 6.45) is 0. The Morgan fingerprint density at radius 1 is 1.00 bits per heavy atom. The van der Waals surface area contributed by atoms with Crippen LogP contribution in [-0.2, 0) is 4.57 Å². The molecule has 0 bridgehead atoms. The van der Waals surface area contributed by atoms with Gasteiger partial charge in [0.15, 0.2) is 0 Å². The average molecular weight is 288 g/mol. The predicted molar refractivity (Wildman–Crippen MR) is 81.1 cm³/mol. The van der Waals surface area contributed by atoms with Gasteiger partial charge in [-0.15, -0.1) is 0 Å². The fraction of sp³-hybridized carbons (Fsp3) is 0.188. The average Bonchev–Trinajstić information content (AvgIpc) is 2.38. The maximum Gasteiger partial charge on any atom is 0.305 e. The van der Waals surface area contributed by atoms with Gasteiger partial charge in [-0.2, -0.15) is 0 Å². The first-order valence-electron chi connectivity index (χ1n) is 6.38. The van der Waals surface area contributed by atoms with E-state index in [0.29, 0.717) is 11.3 Å². The lowest BCUT2D eigenvalue weighted by atomic mass is 10.0. The fourth-order valence-electron chi connectivity index (χ4n) is 2.28. The summed E-state index contributed by atoms with van der Waals surface area (Å²) in [5, 5.41) is 0.